The summed E-state index contributed by atoms with van der Waals surface area (Å²) in [7, 11) is 0. The van der Waals surface area contributed by atoms with E-state index in [1.807, 2.05) is 0 Å². The zero-order valence-electron chi connectivity index (χ0n) is 10.8. The van der Waals surface area contributed by atoms with Gasteiger partial charge in [0.15, 0.2) is 5.78 Å². The molecular weight excluding hydrogens is 291 g/mol. The number of hydrogen-bond donors (Lipinski definition) is 0. The molecular formula is C15H9F5O. The third-order valence-corrected chi connectivity index (χ3v) is 2.84. The Morgan fingerprint density at radius 1 is 0.952 bits per heavy atom. The van der Waals surface area contributed by atoms with Crippen LogP contribution >= 0.6 is 0 Å². The van der Waals surface area contributed by atoms with Crippen LogP contribution in [0.2, 0.25) is 0 Å². The quantitative estimate of drug-likeness (QED) is 0.588. The van der Waals surface area contributed by atoms with Gasteiger partial charge >= 0.3 is 6.18 Å². The molecule has 0 aliphatic rings. The van der Waals surface area contributed by atoms with E-state index in [2.05, 4.69) is 0 Å². The summed E-state index contributed by atoms with van der Waals surface area (Å²) in [6.45, 7) is 1.50. The average Bonchev–Trinajstić information content (AvgIpc) is 2.35. The fraction of sp³-hybridized carbons (Fsp3) is 0.133. The van der Waals surface area contributed by atoms with Gasteiger partial charge in [-0.3, -0.25) is 4.79 Å². The molecule has 6 heteroatoms. The molecule has 0 radical (unpaired) electrons. The highest BCUT2D eigenvalue weighted by Crippen LogP contribution is 2.33. The Morgan fingerprint density at radius 2 is 1.62 bits per heavy atom. The largest absolute Gasteiger partial charge is 0.417 e. The number of benzene rings is 2. The highest BCUT2D eigenvalue weighted by molar-refractivity contribution is 6.10. The van der Waals surface area contributed by atoms with Crippen molar-refractivity contribution < 1.29 is 26.7 Å². The molecule has 2 aromatic rings. The number of ketones is 1. The number of carbonyl (C=O) groups excluding carboxylic acids is 1. The van der Waals surface area contributed by atoms with Gasteiger partial charge in [-0.05, 0) is 48.9 Å². The minimum absolute atomic E-state index is 0.261. The van der Waals surface area contributed by atoms with Crippen molar-refractivity contribution in [2.24, 2.45) is 0 Å². The summed E-state index contributed by atoms with van der Waals surface area (Å²) < 4.78 is 65.0. The molecule has 0 unspecified atom stereocenters. The van der Waals surface area contributed by atoms with Crippen molar-refractivity contribution in [3.8, 4) is 0 Å². The van der Waals surface area contributed by atoms with Crippen LogP contribution in [0.4, 0.5) is 22.0 Å². The monoisotopic (exact) mass is 300 g/mol. The molecule has 2 rings (SSSR count). The van der Waals surface area contributed by atoms with Gasteiger partial charge in [0.05, 0.1) is 5.56 Å². The van der Waals surface area contributed by atoms with Gasteiger partial charge < -0.3 is 0 Å². The van der Waals surface area contributed by atoms with Crippen molar-refractivity contribution in [1.82, 2.24) is 0 Å². The van der Waals surface area contributed by atoms with Crippen LogP contribution in [-0.4, -0.2) is 5.78 Å². The second-order valence-electron chi connectivity index (χ2n) is 4.53. The van der Waals surface area contributed by atoms with Gasteiger partial charge in [-0.2, -0.15) is 13.2 Å². The van der Waals surface area contributed by atoms with Crippen molar-refractivity contribution in [1.29, 1.82) is 0 Å². The summed E-state index contributed by atoms with van der Waals surface area (Å²) >= 11 is 0. The molecule has 110 valence electrons. The lowest BCUT2D eigenvalue weighted by Gasteiger charge is -2.12. The van der Waals surface area contributed by atoms with Gasteiger partial charge in [-0.15, -0.1) is 0 Å². The van der Waals surface area contributed by atoms with Crippen LogP contribution in [0.3, 0.4) is 0 Å². The number of rotatable bonds is 2. The number of aryl methyl sites for hydroxylation is 1. The van der Waals surface area contributed by atoms with Gasteiger partial charge in [-0.25, -0.2) is 8.78 Å². The molecule has 1 nitrogen and oxygen atoms in total. The first-order valence-corrected chi connectivity index (χ1v) is 5.87. The molecule has 0 N–H and O–H groups in total. The van der Waals surface area contributed by atoms with Gasteiger partial charge in [0.2, 0.25) is 0 Å². The third-order valence-electron chi connectivity index (χ3n) is 2.84. The Kier molecular flexibility index (Phi) is 3.80. The highest BCUT2D eigenvalue weighted by Gasteiger charge is 2.35. The van der Waals surface area contributed by atoms with Gasteiger partial charge in [-0.1, -0.05) is 0 Å². The Labute approximate surface area is 117 Å². The summed E-state index contributed by atoms with van der Waals surface area (Å²) in [4.78, 5) is 12.1. The lowest BCUT2D eigenvalue weighted by atomic mass is 9.97. The van der Waals surface area contributed by atoms with E-state index in [0.29, 0.717) is 23.8 Å². The Hall–Kier alpha value is -2.24. The van der Waals surface area contributed by atoms with E-state index >= 15 is 0 Å². The van der Waals surface area contributed by atoms with Crippen LogP contribution in [0.25, 0.3) is 0 Å². The molecule has 0 bridgehead atoms. The predicted molar refractivity (Wildman–Crippen MR) is 66.0 cm³/mol. The first-order valence-electron chi connectivity index (χ1n) is 5.87. The van der Waals surface area contributed by atoms with Crippen molar-refractivity contribution in [3.63, 3.8) is 0 Å². The standard InChI is InChI=1S/C15H9F5O/c1-8-4-9(6-11(17)5-8)14(21)12-7-10(16)2-3-13(12)15(18,19)20/h2-7H,1H3. The van der Waals surface area contributed by atoms with E-state index in [1.54, 1.807) is 0 Å². The molecule has 0 aromatic heterocycles. The molecule has 0 heterocycles. The normalized spacial score (nSPS) is 11.5. The first-order chi connectivity index (χ1) is 9.68. The third kappa shape index (κ3) is 3.26. The van der Waals surface area contributed by atoms with Crippen LogP contribution in [0.5, 0.6) is 0 Å². The number of halogens is 5. The summed E-state index contributed by atoms with van der Waals surface area (Å²) in [5.41, 5.74) is -1.98. The summed E-state index contributed by atoms with van der Waals surface area (Å²) in [5.74, 6) is -2.80. The molecule has 0 fully saturated rings. The topological polar surface area (TPSA) is 17.1 Å². The van der Waals surface area contributed by atoms with E-state index < -0.39 is 34.7 Å². The molecule has 0 aliphatic carbocycles. The van der Waals surface area contributed by atoms with E-state index in [-0.39, 0.29) is 5.56 Å². The smallest absolute Gasteiger partial charge is 0.289 e. The maximum atomic E-state index is 13.3. The zero-order chi connectivity index (χ0) is 15.8. The minimum Gasteiger partial charge on any atom is -0.289 e. The molecule has 21 heavy (non-hydrogen) atoms. The van der Waals surface area contributed by atoms with E-state index in [0.717, 1.165) is 12.1 Å². The highest BCUT2D eigenvalue weighted by atomic mass is 19.4. The number of carbonyl (C=O) groups is 1. The second kappa shape index (κ2) is 5.27. The van der Waals surface area contributed by atoms with Gasteiger partial charge in [0.25, 0.3) is 0 Å². The van der Waals surface area contributed by atoms with E-state index in [4.69, 9.17) is 0 Å². The SMILES string of the molecule is Cc1cc(F)cc(C(=O)c2cc(F)ccc2C(F)(F)F)c1. The Morgan fingerprint density at radius 3 is 2.19 bits per heavy atom. The molecule has 0 spiro atoms. The Bertz CT molecular complexity index is 683. The van der Waals surface area contributed by atoms with E-state index in [1.165, 1.54) is 13.0 Å². The van der Waals surface area contributed by atoms with Gasteiger partial charge in [0.1, 0.15) is 11.6 Å². The second-order valence-corrected chi connectivity index (χ2v) is 4.53. The summed E-state index contributed by atoms with van der Waals surface area (Å²) in [5, 5.41) is 0. The maximum Gasteiger partial charge on any atom is 0.417 e. The van der Waals surface area contributed by atoms with Crippen molar-refractivity contribution in [2.75, 3.05) is 0 Å². The zero-order valence-corrected chi connectivity index (χ0v) is 10.8. The lowest BCUT2D eigenvalue weighted by molar-refractivity contribution is -0.137. The fourth-order valence-corrected chi connectivity index (χ4v) is 1.97. The Balaban J connectivity index is 2.60. The minimum atomic E-state index is -4.80. The van der Waals surface area contributed by atoms with Crippen LogP contribution in [0, 0.1) is 18.6 Å². The fourth-order valence-electron chi connectivity index (χ4n) is 1.97. The number of alkyl halides is 3. The van der Waals surface area contributed by atoms with Gasteiger partial charge in [0, 0.05) is 11.1 Å². The lowest BCUT2D eigenvalue weighted by Crippen LogP contribution is -2.14. The molecule has 2 aromatic carbocycles. The van der Waals surface area contributed by atoms with E-state index in [9.17, 15) is 26.7 Å². The first kappa shape index (κ1) is 15.2. The molecule has 0 aliphatic heterocycles. The predicted octanol–water partition coefficient (Wildman–Crippen LogP) is 4.52. The molecule has 0 amide bonds. The molecule has 0 atom stereocenters. The van der Waals surface area contributed by atoms with Crippen molar-refractivity contribution >= 4 is 5.78 Å². The van der Waals surface area contributed by atoms with Crippen molar-refractivity contribution in [2.45, 2.75) is 13.1 Å². The van der Waals surface area contributed by atoms with Crippen LogP contribution < -0.4 is 0 Å². The average molecular weight is 300 g/mol. The molecule has 0 saturated heterocycles. The maximum absolute atomic E-state index is 13.3. The van der Waals surface area contributed by atoms with Crippen LogP contribution in [-0.2, 0) is 6.18 Å². The molecule has 0 saturated carbocycles. The van der Waals surface area contributed by atoms with Crippen molar-refractivity contribution in [3.05, 3.63) is 70.3 Å². The summed E-state index contributed by atoms with van der Waals surface area (Å²) in [6.07, 6.45) is -4.80. The van der Waals surface area contributed by atoms with Crippen LogP contribution in [0.15, 0.2) is 36.4 Å². The number of hydrogen-bond acceptors (Lipinski definition) is 1. The van der Waals surface area contributed by atoms with Crippen LogP contribution in [0.1, 0.15) is 27.0 Å². The summed E-state index contributed by atoms with van der Waals surface area (Å²) in [6, 6.07) is 4.82.